The van der Waals surface area contributed by atoms with Crippen LogP contribution in [0, 0.1) is 0 Å². The molecule has 2 aromatic rings. The number of halogens is 1. The molecule has 0 heterocycles. The van der Waals surface area contributed by atoms with Gasteiger partial charge in [0.1, 0.15) is 17.1 Å². The fourth-order valence-corrected chi connectivity index (χ4v) is 3.44. The van der Waals surface area contributed by atoms with Crippen LogP contribution in [0.5, 0.6) is 11.5 Å². The SMILES string of the molecule is CCCC(Oc1ccc(C(=O)O)c(O)c1)(c1ccc(Cl)cc1)S(=O)[O-]. The summed E-state index contributed by atoms with van der Waals surface area (Å²) >= 11 is 3.21. The summed E-state index contributed by atoms with van der Waals surface area (Å²) in [6.07, 6.45) is 0.669. The summed E-state index contributed by atoms with van der Waals surface area (Å²) in [5.74, 6) is -1.77. The lowest BCUT2D eigenvalue weighted by molar-refractivity contribution is 0.0693. The minimum atomic E-state index is -2.65. The molecule has 0 saturated carbocycles. The van der Waals surface area contributed by atoms with Crippen molar-refractivity contribution in [1.82, 2.24) is 0 Å². The van der Waals surface area contributed by atoms with Crippen molar-refractivity contribution in [2.45, 2.75) is 24.7 Å². The molecule has 25 heavy (non-hydrogen) atoms. The maximum Gasteiger partial charge on any atom is 0.339 e. The molecule has 2 unspecified atom stereocenters. The van der Waals surface area contributed by atoms with Crippen molar-refractivity contribution in [3.8, 4) is 11.5 Å². The van der Waals surface area contributed by atoms with Crippen molar-refractivity contribution < 1.29 is 28.5 Å². The molecule has 2 rings (SSSR count). The summed E-state index contributed by atoms with van der Waals surface area (Å²) in [5, 5.41) is 19.2. The highest BCUT2D eigenvalue weighted by molar-refractivity contribution is 7.80. The number of aromatic carboxylic acids is 1. The topological polar surface area (TPSA) is 107 Å². The van der Waals surface area contributed by atoms with Crippen LogP contribution < -0.4 is 4.74 Å². The molecular formula is C17H16ClO6S-. The highest BCUT2D eigenvalue weighted by atomic mass is 35.5. The molecule has 8 heteroatoms. The Morgan fingerprint density at radius 2 is 1.92 bits per heavy atom. The average molecular weight is 384 g/mol. The van der Waals surface area contributed by atoms with Gasteiger partial charge in [0.25, 0.3) is 0 Å². The number of hydrogen-bond donors (Lipinski definition) is 2. The highest BCUT2D eigenvalue weighted by Crippen LogP contribution is 2.37. The quantitative estimate of drug-likeness (QED) is 0.706. The third-order valence-corrected chi connectivity index (χ3v) is 4.93. The zero-order valence-electron chi connectivity index (χ0n) is 13.3. The number of carbonyl (C=O) groups is 1. The van der Waals surface area contributed by atoms with Gasteiger partial charge in [-0.1, -0.05) is 37.1 Å². The van der Waals surface area contributed by atoms with Gasteiger partial charge in [0.2, 0.25) is 0 Å². The fourth-order valence-electron chi connectivity index (χ4n) is 2.45. The number of carboxylic acid groups (broad SMARTS) is 1. The predicted octanol–water partition coefficient (Wildman–Crippen LogP) is 3.65. The third-order valence-electron chi connectivity index (χ3n) is 3.61. The summed E-state index contributed by atoms with van der Waals surface area (Å²) in [7, 11) is 0. The maximum absolute atomic E-state index is 12.0. The van der Waals surface area contributed by atoms with Crippen molar-refractivity contribution in [2.75, 3.05) is 0 Å². The summed E-state index contributed by atoms with van der Waals surface area (Å²) < 4.78 is 29.8. The summed E-state index contributed by atoms with van der Waals surface area (Å²) in [4.78, 5) is 9.29. The summed E-state index contributed by atoms with van der Waals surface area (Å²) in [5.41, 5.74) is 0.0806. The first kappa shape index (κ1) is 19.2. The molecule has 134 valence electrons. The van der Waals surface area contributed by atoms with Crippen LogP contribution in [0.1, 0.15) is 35.7 Å². The van der Waals surface area contributed by atoms with E-state index in [0.717, 1.165) is 12.1 Å². The number of phenols is 1. The lowest BCUT2D eigenvalue weighted by atomic mass is 10.0. The Balaban J connectivity index is 2.49. The molecule has 0 fully saturated rings. The Bertz CT molecular complexity index is 792. The predicted molar refractivity (Wildman–Crippen MR) is 92.7 cm³/mol. The smallest absolute Gasteiger partial charge is 0.339 e. The van der Waals surface area contributed by atoms with Crippen LogP contribution in [0.2, 0.25) is 5.02 Å². The van der Waals surface area contributed by atoms with Gasteiger partial charge in [0, 0.05) is 23.1 Å². The molecule has 0 saturated heterocycles. The Morgan fingerprint density at radius 3 is 2.40 bits per heavy atom. The molecule has 0 aliphatic carbocycles. The number of hydrogen-bond acceptors (Lipinski definition) is 5. The van der Waals surface area contributed by atoms with E-state index in [0.29, 0.717) is 17.0 Å². The molecule has 2 atom stereocenters. The molecule has 0 aromatic heterocycles. The maximum atomic E-state index is 12.0. The van der Waals surface area contributed by atoms with E-state index in [1.54, 1.807) is 24.3 Å². The van der Waals surface area contributed by atoms with Crippen molar-refractivity contribution >= 4 is 28.7 Å². The molecule has 0 amide bonds. The molecule has 0 bridgehead atoms. The molecule has 2 aromatic carbocycles. The average Bonchev–Trinajstić information content (AvgIpc) is 2.54. The first-order valence-electron chi connectivity index (χ1n) is 7.41. The van der Waals surface area contributed by atoms with Crippen LogP contribution in [-0.4, -0.2) is 24.9 Å². The largest absolute Gasteiger partial charge is 0.769 e. The number of ether oxygens (including phenoxy) is 1. The normalized spacial score (nSPS) is 14.5. The molecule has 0 aliphatic rings. The van der Waals surface area contributed by atoms with Gasteiger partial charge in [-0.3, -0.25) is 4.21 Å². The van der Waals surface area contributed by atoms with Gasteiger partial charge < -0.3 is 19.5 Å². The Hall–Kier alpha value is -2.09. The molecular weight excluding hydrogens is 368 g/mol. The minimum absolute atomic E-state index is 0.0371. The van der Waals surface area contributed by atoms with E-state index in [4.69, 9.17) is 21.4 Å². The molecule has 6 nitrogen and oxygen atoms in total. The van der Waals surface area contributed by atoms with Gasteiger partial charge in [-0.15, -0.1) is 0 Å². The number of carboxylic acids is 1. The van der Waals surface area contributed by atoms with E-state index < -0.39 is 27.7 Å². The molecule has 2 N–H and O–H groups in total. The monoisotopic (exact) mass is 383 g/mol. The second kappa shape index (κ2) is 7.86. The molecule has 0 spiro atoms. The zero-order chi connectivity index (χ0) is 18.6. The molecule has 0 aliphatic heterocycles. The second-order valence-electron chi connectivity index (χ2n) is 5.33. The Kier molecular flexibility index (Phi) is 6.05. The lowest BCUT2D eigenvalue weighted by Gasteiger charge is -2.36. The van der Waals surface area contributed by atoms with E-state index in [9.17, 15) is 18.7 Å². The van der Waals surface area contributed by atoms with Gasteiger partial charge in [0.05, 0.1) is 0 Å². The highest BCUT2D eigenvalue weighted by Gasteiger charge is 2.36. The minimum Gasteiger partial charge on any atom is -0.769 e. The van der Waals surface area contributed by atoms with Crippen LogP contribution in [-0.2, 0) is 16.0 Å². The van der Waals surface area contributed by atoms with Gasteiger partial charge in [-0.05, 0) is 35.3 Å². The standard InChI is InChI=1S/C17H17ClO6S/c1-2-9-17(25(22)23,11-3-5-12(18)6-4-11)24-13-7-8-14(16(20)21)15(19)10-13/h3-8,10,19H,2,9H2,1H3,(H,20,21)(H,22,23)/p-1. The van der Waals surface area contributed by atoms with Crippen LogP contribution in [0.15, 0.2) is 42.5 Å². The Labute approximate surface area is 152 Å². The second-order valence-corrected chi connectivity index (χ2v) is 6.90. The van der Waals surface area contributed by atoms with Crippen molar-refractivity contribution in [2.24, 2.45) is 0 Å². The van der Waals surface area contributed by atoms with E-state index >= 15 is 0 Å². The number of rotatable bonds is 7. The van der Waals surface area contributed by atoms with E-state index in [2.05, 4.69) is 0 Å². The zero-order valence-corrected chi connectivity index (χ0v) is 14.8. The van der Waals surface area contributed by atoms with Gasteiger partial charge >= 0.3 is 5.97 Å². The van der Waals surface area contributed by atoms with Crippen LogP contribution >= 0.6 is 11.6 Å². The fraction of sp³-hybridized carbons (Fsp3) is 0.235. The summed E-state index contributed by atoms with van der Waals surface area (Å²) in [6, 6.07) is 9.76. The van der Waals surface area contributed by atoms with Crippen molar-refractivity contribution in [1.29, 1.82) is 0 Å². The molecule has 0 radical (unpaired) electrons. The van der Waals surface area contributed by atoms with Crippen LogP contribution in [0.3, 0.4) is 0 Å². The first-order chi connectivity index (χ1) is 11.8. The first-order valence-corrected chi connectivity index (χ1v) is 8.86. The number of aromatic hydroxyl groups is 1. The van der Waals surface area contributed by atoms with Crippen LogP contribution in [0.25, 0.3) is 0 Å². The van der Waals surface area contributed by atoms with Crippen molar-refractivity contribution in [3.63, 3.8) is 0 Å². The van der Waals surface area contributed by atoms with Crippen LogP contribution in [0.4, 0.5) is 0 Å². The Morgan fingerprint density at radius 1 is 1.28 bits per heavy atom. The van der Waals surface area contributed by atoms with Crippen molar-refractivity contribution in [3.05, 3.63) is 58.6 Å². The van der Waals surface area contributed by atoms with E-state index in [-0.39, 0.29) is 17.7 Å². The lowest BCUT2D eigenvalue weighted by Crippen LogP contribution is -2.38. The van der Waals surface area contributed by atoms with Gasteiger partial charge in [-0.25, -0.2) is 4.79 Å². The summed E-state index contributed by atoms with van der Waals surface area (Å²) in [6.45, 7) is 1.81. The van der Waals surface area contributed by atoms with Gasteiger partial charge in [-0.2, -0.15) is 0 Å². The van der Waals surface area contributed by atoms with E-state index in [1.165, 1.54) is 6.07 Å². The third kappa shape index (κ3) is 4.12. The van der Waals surface area contributed by atoms with E-state index in [1.807, 2.05) is 6.92 Å². The number of benzene rings is 2. The van der Waals surface area contributed by atoms with Gasteiger partial charge in [0.15, 0.2) is 4.93 Å².